The fourth-order valence-corrected chi connectivity index (χ4v) is 4.03. The van der Waals surface area contributed by atoms with E-state index < -0.39 is 22.2 Å². The predicted octanol–water partition coefficient (Wildman–Crippen LogP) is -0.232. The molecule has 2 rings (SSSR count). The Bertz CT molecular complexity index is 504. The number of hydrogen-bond acceptors (Lipinski definition) is 5. The highest BCUT2D eigenvalue weighted by Crippen LogP contribution is 2.21. The summed E-state index contributed by atoms with van der Waals surface area (Å²) in [6.45, 7) is 4.27. The van der Waals surface area contributed by atoms with Crippen LogP contribution in [0.4, 0.5) is 0 Å². The lowest BCUT2D eigenvalue weighted by atomic mass is 10.1. The molecule has 0 aliphatic carbocycles. The van der Waals surface area contributed by atoms with Gasteiger partial charge in [0, 0.05) is 19.6 Å². The van der Waals surface area contributed by atoms with Gasteiger partial charge in [0.2, 0.25) is 0 Å². The SMILES string of the molecule is CCOC(=O)C1CCCN1S(=O)(=O)NCC1=CCNCC1. The highest BCUT2D eigenvalue weighted by Gasteiger charge is 2.39. The van der Waals surface area contributed by atoms with Gasteiger partial charge in [0.05, 0.1) is 6.61 Å². The third kappa shape index (κ3) is 4.26. The van der Waals surface area contributed by atoms with Crippen molar-refractivity contribution in [2.75, 3.05) is 32.8 Å². The number of carbonyl (C=O) groups is 1. The van der Waals surface area contributed by atoms with E-state index in [-0.39, 0.29) is 6.61 Å². The summed E-state index contributed by atoms with van der Waals surface area (Å²) in [6.07, 6.45) is 4.03. The molecule has 0 aromatic rings. The Morgan fingerprint density at radius 1 is 1.57 bits per heavy atom. The lowest BCUT2D eigenvalue weighted by Crippen LogP contribution is -2.47. The van der Waals surface area contributed by atoms with E-state index in [1.807, 2.05) is 6.08 Å². The number of nitrogens with zero attached hydrogens (tertiary/aromatic N) is 1. The van der Waals surface area contributed by atoms with Crippen LogP contribution in [-0.2, 0) is 19.7 Å². The molecule has 1 atom stereocenters. The maximum Gasteiger partial charge on any atom is 0.324 e. The molecule has 21 heavy (non-hydrogen) atoms. The fourth-order valence-electron chi connectivity index (χ4n) is 2.60. The normalized spacial score (nSPS) is 23.9. The summed E-state index contributed by atoms with van der Waals surface area (Å²) in [6, 6.07) is -0.690. The van der Waals surface area contributed by atoms with Crippen molar-refractivity contribution in [3.63, 3.8) is 0 Å². The first-order valence-corrected chi connectivity index (χ1v) is 8.80. The number of ether oxygens (including phenoxy) is 1. The Labute approximate surface area is 125 Å². The molecule has 7 nitrogen and oxygen atoms in total. The zero-order chi connectivity index (χ0) is 15.3. The largest absolute Gasteiger partial charge is 0.465 e. The smallest absolute Gasteiger partial charge is 0.324 e. The Hall–Kier alpha value is -0.960. The second-order valence-corrected chi connectivity index (χ2v) is 6.87. The zero-order valence-electron chi connectivity index (χ0n) is 12.3. The van der Waals surface area contributed by atoms with Crippen molar-refractivity contribution in [3.05, 3.63) is 11.6 Å². The zero-order valence-corrected chi connectivity index (χ0v) is 13.1. The van der Waals surface area contributed by atoms with Gasteiger partial charge in [0.15, 0.2) is 0 Å². The van der Waals surface area contributed by atoms with Crippen LogP contribution in [0, 0.1) is 0 Å². The minimum Gasteiger partial charge on any atom is -0.465 e. The lowest BCUT2D eigenvalue weighted by molar-refractivity contribution is -0.146. The summed E-state index contributed by atoms with van der Waals surface area (Å²) in [7, 11) is -3.65. The van der Waals surface area contributed by atoms with Crippen molar-refractivity contribution in [1.29, 1.82) is 0 Å². The van der Waals surface area contributed by atoms with E-state index in [2.05, 4.69) is 10.0 Å². The Kier molecular flexibility index (Phi) is 5.74. The number of nitrogens with one attached hydrogen (secondary N) is 2. The molecule has 1 unspecified atom stereocenters. The van der Waals surface area contributed by atoms with Crippen LogP contribution in [0.3, 0.4) is 0 Å². The topological polar surface area (TPSA) is 87.7 Å². The number of esters is 1. The van der Waals surface area contributed by atoms with E-state index >= 15 is 0 Å². The first-order chi connectivity index (χ1) is 10.0. The highest BCUT2D eigenvalue weighted by atomic mass is 32.2. The van der Waals surface area contributed by atoms with Crippen molar-refractivity contribution in [1.82, 2.24) is 14.3 Å². The third-order valence-electron chi connectivity index (χ3n) is 3.71. The molecule has 1 saturated heterocycles. The van der Waals surface area contributed by atoms with Crippen LogP contribution in [0.1, 0.15) is 26.2 Å². The molecule has 0 saturated carbocycles. The molecule has 0 amide bonds. The van der Waals surface area contributed by atoms with Crippen LogP contribution >= 0.6 is 0 Å². The van der Waals surface area contributed by atoms with E-state index in [1.165, 1.54) is 4.31 Å². The summed E-state index contributed by atoms with van der Waals surface area (Å²) in [5, 5.41) is 3.18. The minimum absolute atomic E-state index is 0.260. The average Bonchev–Trinajstić information content (AvgIpc) is 2.97. The van der Waals surface area contributed by atoms with Gasteiger partial charge in [0.25, 0.3) is 10.2 Å². The Morgan fingerprint density at radius 3 is 3.05 bits per heavy atom. The summed E-state index contributed by atoms with van der Waals surface area (Å²) in [4.78, 5) is 11.8. The third-order valence-corrected chi connectivity index (χ3v) is 5.27. The molecular formula is C13H23N3O4S. The molecule has 2 N–H and O–H groups in total. The van der Waals surface area contributed by atoms with Gasteiger partial charge in [-0.3, -0.25) is 4.79 Å². The van der Waals surface area contributed by atoms with Crippen molar-refractivity contribution in [3.8, 4) is 0 Å². The number of hydrogen-bond donors (Lipinski definition) is 2. The van der Waals surface area contributed by atoms with E-state index in [9.17, 15) is 13.2 Å². The maximum absolute atomic E-state index is 12.4. The van der Waals surface area contributed by atoms with Gasteiger partial charge in [-0.1, -0.05) is 11.6 Å². The predicted molar refractivity (Wildman–Crippen MR) is 78.9 cm³/mol. The first-order valence-electron chi connectivity index (χ1n) is 7.36. The molecule has 0 bridgehead atoms. The quantitative estimate of drug-likeness (QED) is 0.522. The van der Waals surface area contributed by atoms with Crippen molar-refractivity contribution >= 4 is 16.2 Å². The molecule has 0 radical (unpaired) electrons. The monoisotopic (exact) mass is 317 g/mol. The number of carbonyl (C=O) groups excluding carboxylic acids is 1. The first kappa shape index (κ1) is 16.4. The Balaban J connectivity index is 1.97. The molecule has 0 spiro atoms. The van der Waals surface area contributed by atoms with Crippen molar-refractivity contribution < 1.29 is 17.9 Å². The minimum atomic E-state index is -3.65. The van der Waals surface area contributed by atoms with Crippen molar-refractivity contribution in [2.45, 2.75) is 32.2 Å². The van der Waals surface area contributed by atoms with Gasteiger partial charge in [-0.05, 0) is 32.7 Å². The Morgan fingerprint density at radius 2 is 2.38 bits per heavy atom. The highest BCUT2D eigenvalue weighted by molar-refractivity contribution is 7.87. The maximum atomic E-state index is 12.4. The molecule has 120 valence electrons. The van der Waals surface area contributed by atoms with E-state index in [0.717, 1.165) is 25.1 Å². The summed E-state index contributed by atoms with van der Waals surface area (Å²) in [5.41, 5.74) is 1.07. The molecule has 0 aromatic carbocycles. The summed E-state index contributed by atoms with van der Waals surface area (Å²) >= 11 is 0. The molecule has 0 aromatic heterocycles. The second-order valence-electron chi connectivity index (χ2n) is 5.16. The molecule has 1 fully saturated rings. The molecule has 2 aliphatic heterocycles. The standard InChI is InChI=1S/C13H23N3O4S/c1-2-20-13(17)12-4-3-9-16(12)21(18,19)15-10-11-5-7-14-8-6-11/h5,12,14-15H,2-4,6-10H2,1H3. The van der Waals surface area contributed by atoms with Crippen LogP contribution in [0.25, 0.3) is 0 Å². The molecular weight excluding hydrogens is 294 g/mol. The van der Waals surface area contributed by atoms with E-state index in [4.69, 9.17) is 4.74 Å². The van der Waals surface area contributed by atoms with Gasteiger partial charge < -0.3 is 10.1 Å². The number of rotatable bonds is 6. The van der Waals surface area contributed by atoms with Gasteiger partial charge >= 0.3 is 5.97 Å². The van der Waals surface area contributed by atoms with Crippen LogP contribution in [0.5, 0.6) is 0 Å². The van der Waals surface area contributed by atoms with Crippen molar-refractivity contribution in [2.24, 2.45) is 0 Å². The summed E-state index contributed by atoms with van der Waals surface area (Å²) < 4.78 is 33.5. The van der Waals surface area contributed by atoms with Gasteiger partial charge in [-0.2, -0.15) is 17.4 Å². The molecule has 2 aliphatic rings. The summed E-state index contributed by atoms with van der Waals surface area (Å²) in [5.74, 6) is -0.457. The van der Waals surface area contributed by atoms with Gasteiger partial charge in [-0.15, -0.1) is 0 Å². The van der Waals surface area contributed by atoms with Crippen LogP contribution in [0.2, 0.25) is 0 Å². The van der Waals surface area contributed by atoms with Gasteiger partial charge in [0.1, 0.15) is 6.04 Å². The lowest BCUT2D eigenvalue weighted by Gasteiger charge is -2.23. The fraction of sp³-hybridized carbons (Fsp3) is 0.769. The van der Waals surface area contributed by atoms with Crippen LogP contribution in [0.15, 0.2) is 11.6 Å². The molecule has 2 heterocycles. The van der Waals surface area contributed by atoms with E-state index in [1.54, 1.807) is 6.92 Å². The van der Waals surface area contributed by atoms with E-state index in [0.29, 0.717) is 25.9 Å². The molecule has 8 heteroatoms. The van der Waals surface area contributed by atoms with Gasteiger partial charge in [-0.25, -0.2) is 0 Å². The average molecular weight is 317 g/mol. The van der Waals surface area contributed by atoms with Crippen LogP contribution < -0.4 is 10.0 Å². The second kappa shape index (κ2) is 7.35. The van der Waals surface area contributed by atoms with Crippen LogP contribution in [-0.4, -0.2) is 57.5 Å².